The quantitative estimate of drug-likeness (QED) is 0.748. The molecule has 1 aliphatic rings. The van der Waals surface area contributed by atoms with E-state index in [-0.39, 0.29) is 5.41 Å². The molecule has 1 aliphatic heterocycles. The number of aryl methyl sites for hydroxylation is 1. The van der Waals surface area contributed by atoms with Crippen molar-refractivity contribution in [1.29, 1.82) is 0 Å². The molecule has 2 aromatic rings. The van der Waals surface area contributed by atoms with Crippen LogP contribution in [0.15, 0.2) is 42.5 Å². The lowest BCUT2D eigenvalue weighted by molar-refractivity contribution is 0.0656. The molecule has 0 saturated carbocycles. The number of aliphatic hydroxyl groups is 1. The van der Waals surface area contributed by atoms with E-state index in [4.69, 9.17) is 9.47 Å². The van der Waals surface area contributed by atoms with Crippen LogP contribution in [0.4, 0.5) is 5.69 Å². The van der Waals surface area contributed by atoms with Crippen LogP contribution in [-0.4, -0.2) is 62.6 Å². The number of nitrogens with zero attached hydrogens (tertiary/aromatic N) is 2. The van der Waals surface area contributed by atoms with Gasteiger partial charge in [-0.3, -0.25) is 4.90 Å². The largest absolute Gasteiger partial charge is 0.495 e. The molecule has 0 aromatic heterocycles. The lowest BCUT2D eigenvalue weighted by Crippen LogP contribution is -2.49. The van der Waals surface area contributed by atoms with Gasteiger partial charge in [0.05, 0.1) is 12.8 Å². The first-order valence-corrected chi connectivity index (χ1v) is 10.8. The second-order valence-electron chi connectivity index (χ2n) is 9.17. The fraction of sp³-hybridized carbons (Fsp3) is 0.520. The smallest absolute Gasteiger partial charge is 0.142 e. The normalized spacial score (nSPS) is 16.4. The first kappa shape index (κ1) is 22.4. The maximum atomic E-state index is 10.6. The zero-order valence-corrected chi connectivity index (χ0v) is 19.0. The maximum Gasteiger partial charge on any atom is 0.142 e. The van der Waals surface area contributed by atoms with Crippen LogP contribution in [0, 0.1) is 6.92 Å². The molecule has 164 valence electrons. The molecule has 0 spiro atoms. The third-order valence-electron chi connectivity index (χ3n) is 5.64. The highest BCUT2D eigenvalue weighted by Crippen LogP contribution is 2.32. The number of ether oxygens (including phenoxy) is 2. The number of methoxy groups -OCH3 is 1. The summed E-state index contributed by atoms with van der Waals surface area (Å²) in [5.41, 5.74) is 3.54. The molecule has 0 bridgehead atoms. The maximum absolute atomic E-state index is 10.6. The molecule has 30 heavy (non-hydrogen) atoms. The Kier molecular flexibility index (Phi) is 7.27. The third kappa shape index (κ3) is 5.67. The fourth-order valence-electron chi connectivity index (χ4n) is 3.95. The van der Waals surface area contributed by atoms with Crippen LogP contribution in [0.2, 0.25) is 0 Å². The molecule has 0 amide bonds. The first-order valence-electron chi connectivity index (χ1n) is 10.8. The number of aliphatic hydroxyl groups excluding tert-OH is 1. The summed E-state index contributed by atoms with van der Waals surface area (Å²) < 4.78 is 11.5. The molecular formula is C25H36N2O3. The lowest BCUT2D eigenvalue weighted by Gasteiger charge is -2.37. The van der Waals surface area contributed by atoms with Crippen LogP contribution in [0.3, 0.4) is 0 Å². The van der Waals surface area contributed by atoms with Gasteiger partial charge in [0.25, 0.3) is 0 Å². The van der Waals surface area contributed by atoms with Gasteiger partial charge in [0.1, 0.15) is 24.2 Å². The number of hydrogen-bond donors (Lipinski definition) is 1. The Balaban J connectivity index is 1.51. The minimum absolute atomic E-state index is 0.00112. The molecule has 1 atom stereocenters. The van der Waals surface area contributed by atoms with Crippen LogP contribution < -0.4 is 14.4 Å². The summed E-state index contributed by atoms with van der Waals surface area (Å²) in [6.07, 6.45) is -0.517. The van der Waals surface area contributed by atoms with E-state index in [0.717, 1.165) is 43.4 Å². The molecule has 0 radical (unpaired) electrons. The van der Waals surface area contributed by atoms with E-state index in [1.165, 1.54) is 11.1 Å². The number of hydrogen-bond acceptors (Lipinski definition) is 5. The second-order valence-corrected chi connectivity index (χ2v) is 9.17. The van der Waals surface area contributed by atoms with Crippen molar-refractivity contribution in [2.45, 2.75) is 39.2 Å². The summed E-state index contributed by atoms with van der Waals surface area (Å²) in [5.74, 6) is 1.78. The van der Waals surface area contributed by atoms with Gasteiger partial charge in [0.15, 0.2) is 0 Å². The first-order chi connectivity index (χ1) is 14.3. The standard InChI is InChI=1S/C25H36N2O3/c1-19-10-11-23(21(16-19)25(2,3)4)30-18-20(28)17-26-12-14-27(15-13-26)22-8-6-7-9-24(22)29-5/h6-11,16,20,28H,12-15,17-18H2,1-5H3/t20-/m1/s1. The zero-order valence-electron chi connectivity index (χ0n) is 19.0. The topological polar surface area (TPSA) is 45.2 Å². The summed E-state index contributed by atoms with van der Waals surface area (Å²) in [4.78, 5) is 4.65. The van der Waals surface area contributed by atoms with Crippen LogP contribution in [0.1, 0.15) is 31.9 Å². The molecular weight excluding hydrogens is 376 g/mol. The molecule has 1 fully saturated rings. The minimum Gasteiger partial charge on any atom is -0.495 e. The van der Waals surface area contributed by atoms with Crippen LogP contribution >= 0.6 is 0 Å². The highest BCUT2D eigenvalue weighted by atomic mass is 16.5. The zero-order chi connectivity index (χ0) is 21.7. The molecule has 5 heteroatoms. The second kappa shape index (κ2) is 9.71. The highest BCUT2D eigenvalue weighted by molar-refractivity contribution is 5.58. The molecule has 1 heterocycles. The van der Waals surface area contributed by atoms with E-state index in [2.05, 4.69) is 55.7 Å². The van der Waals surface area contributed by atoms with Crippen LogP contribution in [0.5, 0.6) is 11.5 Å². The van der Waals surface area contributed by atoms with Gasteiger partial charge in [-0.1, -0.05) is 50.6 Å². The van der Waals surface area contributed by atoms with Gasteiger partial charge < -0.3 is 19.5 Å². The molecule has 0 unspecified atom stereocenters. The molecule has 1 N–H and O–H groups in total. The molecule has 2 aromatic carbocycles. The predicted molar refractivity (Wildman–Crippen MR) is 123 cm³/mol. The summed E-state index contributed by atoms with van der Waals surface area (Å²) in [5, 5.41) is 10.6. The lowest BCUT2D eigenvalue weighted by atomic mass is 9.85. The van der Waals surface area contributed by atoms with E-state index in [0.29, 0.717) is 13.2 Å². The number of benzene rings is 2. The van der Waals surface area contributed by atoms with Gasteiger partial charge in [-0.25, -0.2) is 0 Å². The number of piperazine rings is 1. The Morgan fingerprint density at radius 2 is 1.70 bits per heavy atom. The molecule has 3 rings (SSSR count). The van der Waals surface area contributed by atoms with Gasteiger partial charge in [0, 0.05) is 32.7 Å². The fourth-order valence-corrected chi connectivity index (χ4v) is 3.95. The van der Waals surface area contributed by atoms with Crippen LogP contribution in [-0.2, 0) is 5.41 Å². The average Bonchev–Trinajstić information content (AvgIpc) is 2.72. The molecule has 5 nitrogen and oxygen atoms in total. The Bertz CT molecular complexity index is 823. The van der Waals surface area contributed by atoms with Crippen molar-refractivity contribution in [3.8, 4) is 11.5 Å². The van der Waals surface area contributed by atoms with Gasteiger partial charge >= 0.3 is 0 Å². The highest BCUT2D eigenvalue weighted by Gasteiger charge is 2.23. The minimum atomic E-state index is -0.517. The average molecular weight is 413 g/mol. The van der Waals surface area contributed by atoms with Crippen molar-refractivity contribution in [1.82, 2.24) is 4.90 Å². The van der Waals surface area contributed by atoms with Crippen molar-refractivity contribution >= 4 is 5.69 Å². The monoisotopic (exact) mass is 412 g/mol. The number of para-hydroxylation sites is 2. The predicted octanol–water partition coefficient (Wildman–Crippen LogP) is 3.86. The van der Waals surface area contributed by atoms with E-state index < -0.39 is 6.10 Å². The van der Waals surface area contributed by atoms with Crippen LogP contribution in [0.25, 0.3) is 0 Å². The Labute approximate surface area is 181 Å². The van der Waals surface area contributed by atoms with Crippen molar-refractivity contribution in [3.63, 3.8) is 0 Å². The molecule has 0 aliphatic carbocycles. The van der Waals surface area contributed by atoms with Gasteiger partial charge in [0.2, 0.25) is 0 Å². The van der Waals surface area contributed by atoms with Crippen molar-refractivity contribution in [2.24, 2.45) is 0 Å². The van der Waals surface area contributed by atoms with Gasteiger partial charge in [-0.2, -0.15) is 0 Å². The third-order valence-corrected chi connectivity index (χ3v) is 5.64. The summed E-state index contributed by atoms with van der Waals surface area (Å²) in [6, 6.07) is 14.4. The van der Waals surface area contributed by atoms with Crippen molar-refractivity contribution in [3.05, 3.63) is 53.6 Å². The SMILES string of the molecule is COc1ccccc1N1CCN(C[C@@H](O)COc2ccc(C)cc2C(C)(C)C)CC1. The van der Waals surface area contributed by atoms with E-state index in [1.54, 1.807) is 7.11 Å². The van der Waals surface area contributed by atoms with E-state index in [1.807, 2.05) is 24.3 Å². The van der Waals surface area contributed by atoms with Crippen molar-refractivity contribution in [2.75, 3.05) is 51.3 Å². The summed E-state index contributed by atoms with van der Waals surface area (Å²) >= 11 is 0. The number of anilines is 1. The molecule has 1 saturated heterocycles. The Morgan fingerprint density at radius 1 is 1.00 bits per heavy atom. The number of rotatable bonds is 7. The van der Waals surface area contributed by atoms with E-state index >= 15 is 0 Å². The summed E-state index contributed by atoms with van der Waals surface area (Å²) in [7, 11) is 1.71. The van der Waals surface area contributed by atoms with Gasteiger partial charge in [-0.05, 0) is 36.1 Å². The number of β-amino-alcohol motifs (C(OH)–C–C–N with tert-alkyl or cyclic N) is 1. The van der Waals surface area contributed by atoms with Crippen molar-refractivity contribution < 1.29 is 14.6 Å². The Morgan fingerprint density at radius 3 is 2.37 bits per heavy atom. The van der Waals surface area contributed by atoms with Gasteiger partial charge in [-0.15, -0.1) is 0 Å². The summed E-state index contributed by atoms with van der Waals surface area (Å²) in [6.45, 7) is 13.2. The van der Waals surface area contributed by atoms with E-state index in [9.17, 15) is 5.11 Å². The Hall–Kier alpha value is -2.24.